The molecule has 0 aliphatic rings. The number of aromatic nitrogens is 2. The van der Waals surface area contributed by atoms with Gasteiger partial charge in [0.15, 0.2) is 0 Å². The highest BCUT2D eigenvalue weighted by molar-refractivity contribution is 5.60. The van der Waals surface area contributed by atoms with Crippen LogP contribution in [0.15, 0.2) is 36.5 Å². The van der Waals surface area contributed by atoms with Crippen LogP contribution in [0, 0.1) is 6.92 Å². The van der Waals surface area contributed by atoms with Gasteiger partial charge in [0.25, 0.3) is 0 Å². The van der Waals surface area contributed by atoms with E-state index in [1.807, 2.05) is 25.1 Å². The van der Waals surface area contributed by atoms with Crippen molar-refractivity contribution in [1.29, 1.82) is 0 Å². The first-order chi connectivity index (χ1) is 10.1. The number of aryl methyl sites for hydroxylation is 1. The number of anilines is 1. The molecule has 0 saturated heterocycles. The van der Waals surface area contributed by atoms with E-state index >= 15 is 0 Å². The Morgan fingerprint density at radius 3 is 2.86 bits per heavy atom. The Morgan fingerprint density at radius 2 is 2.14 bits per heavy atom. The summed E-state index contributed by atoms with van der Waals surface area (Å²) in [5.74, 6) is 0.577. The summed E-state index contributed by atoms with van der Waals surface area (Å²) in [6.45, 7) is 4.57. The minimum Gasteiger partial charge on any atom is -0.380 e. The molecule has 2 aromatic rings. The van der Waals surface area contributed by atoms with E-state index in [1.54, 1.807) is 13.3 Å². The van der Waals surface area contributed by atoms with Crippen LogP contribution in [-0.2, 0) is 4.74 Å². The van der Waals surface area contributed by atoms with Crippen molar-refractivity contribution in [2.24, 2.45) is 5.73 Å². The number of ether oxygens (including phenoxy) is 1. The lowest BCUT2D eigenvalue weighted by molar-refractivity contribution is 0.0989. The molecule has 0 radical (unpaired) electrons. The Kier molecular flexibility index (Phi) is 5.25. The normalized spacial score (nSPS) is 13.7. The van der Waals surface area contributed by atoms with Crippen molar-refractivity contribution in [2.45, 2.75) is 26.0 Å². The third kappa shape index (κ3) is 4.24. The first-order valence-corrected chi connectivity index (χ1v) is 7.02. The van der Waals surface area contributed by atoms with Gasteiger partial charge in [0.1, 0.15) is 0 Å². The maximum atomic E-state index is 6.00. The molecule has 1 aromatic carbocycles. The van der Waals surface area contributed by atoms with Crippen LogP contribution in [0.3, 0.4) is 0 Å². The number of benzene rings is 1. The van der Waals surface area contributed by atoms with E-state index in [2.05, 4.69) is 34.3 Å². The van der Waals surface area contributed by atoms with Gasteiger partial charge in [-0.3, -0.25) is 0 Å². The van der Waals surface area contributed by atoms with E-state index in [9.17, 15) is 0 Å². The number of nitrogens with zero attached hydrogens (tertiary/aromatic N) is 2. The van der Waals surface area contributed by atoms with Gasteiger partial charge in [-0.2, -0.15) is 0 Å². The Balaban J connectivity index is 2.08. The number of hydrogen-bond acceptors (Lipinski definition) is 5. The summed E-state index contributed by atoms with van der Waals surface area (Å²) in [4.78, 5) is 8.75. The molecule has 0 saturated carbocycles. The molecule has 2 atom stereocenters. The molecule has 0 fully saturated rings. The van der Waals surface area contributed by atoms with Gasteiger partial charge in [-0.05, 0) is 26.0 Å². The van der Waals surface area contributed by atoms with Gasteiger partial charge in [-0.15, -0.1) is 0 Å². The standard InChI is InChI=1S/C16H22N4O/c1-11-5-4-6-13(9-11)15-7-8-18-16(20-15)19-10-14(17)12(2)21-3/h4-9,12,14H,10,17H2,1-3H3,(H,18,19,20)/t12-,14+/m0/s1. The molecular weight excluding hydrogens is 264 g/mol. The fourth-order valence-corrected chi connectivity index (χ4v) is 1.96. The van der Waals surface area contributed by atoms with Crippen LogP contribution in [0.5, 0.6) is 0 Å². The highest BCUT2D eigenvalue weighted by Gasteiger charge is 2.12. The van der Waals surface area contributed by atoms with Gasteiger partial charge in [-0.1, -0.05) is 23.8 Å². The molecule has 1 aromatic heterocycles. The molecule has 0 spiro atoms. The first kappa shape index (κ1) is 15.4. The SMILES string of the molecule is CO[C@@H](C)[C@H](N)CNc1nccc(-c2cccc(C)c2)n1. The molecule has 21 heavy (non-hydrogen) atoms. The predicted molar refractivity (Wildman–Crippen MR) is 85.1 cm³/mol. The van der Waals surface area contributed by atoms with Crippen molar-refractivity contribution >= 4 is 5.95 Å². The molecule has 1 heterocycles. The molecule has 0 aliphatic carbocycles. The smallest absolute Gasteiger partial charge is 0.223 e. The predicted octanol–water partition coefficient (Wildman–Crippen LogP) is 2.23. The fraction of sp³-hybridized carbons (Fsp3) is 0.375. The van der Waals surface area contributed by atoms with E-state index in [4.69, 9.17) is 10.5 Å². The molecule has 5 heteroatoms. The molecule has 0 bridgehead atoms. The maximum absolute atomic E-state index is 6.00. The van der Waals surface area contributed by atoms with Gasteiger partial charge < -0.3 is 15.8 Å². The minimum atomic E-state index is -0.110. The second-order valence-electron chi connectivity index (χ2n) is 5.12. The van der Waals surface area contributed by atoms with E-state index in [0.29, 0.717) is 12.5 Å². The molecule has 2 rings (SSSR count). The van der Waals surface area contributed by atoms with Crippen molar-refractivity contribution in [2.75, 3.05) is 19.0 Å². The molecule has 5 nitrogen and oxygen atoms in total. The number of nitrogens with two attached hydrogens (primary N) is 1. The molecule has 0 unspecified atom stereocenters. The number of methoxy groups -OCH3 is 1. The van der Waals surface area contributed by atoms with E-state index in [-0.39, 0.29) is 12.1 Å². The quantitative estimate of drug-likeness (QED) is 0.852. The van der Waals surface area contributed by atoms with Crippen molar-refractivity contribution < 1.29 is 4.74 Å². The largest absolute Gasteiger partial charge is 0.380 e. The third-order valence-corrected chi connectivity index (χ3v) is 3.44. The summed E-state index contributed by atoms with van der Waals surface area (Å²) in [7, 11) is 1.65. The van der Waals surface area contributed by atoms with Crippen molar-refractivity contribution in [1.82, 2.24) is 9.97 Å². The highest BCUT2D eigenvalue weighted by Crippen LogP contribution is 2.18. The molecular formula is C16H22N4O. The van der Waals surface area contributed by atoms with Gasteiger partial charge in [0.2, 0.25) is 5.95 Å². The minimum absolute atomic E-state index is 0.0162. The summed E-state index contributed by atoms with van der Waals surface area (Å²) in [5.41, 5.74) is 9.18. The summed E-state index contributed by atoms with van der Waals surface area (Å²) in [6.07, 6.45) is 1.73. The molecule has 3 N–H and O–H groups in total. The van der Waals surface area contributed by atoms with Crippen LogP contribution < -0.4 is 11.1 Å². The molecule has 112 valence electrons. The van der Waals surface area contributed by atoms with Crippen LogP contribution in [0.1, 0.15) is 12.5 Å². The van der Waals surface area contributed by atoms with Gasteiger partial charge in [-0.25, -0.2) is 9.97 Å². The lowest BCUT2D eigenvalue weighted by Gasteiger charge is -2.18. The zero-order chi connectivity index (χ0) is 15.2. The van der Waals surface area contributed by atoms with Crippen LogP contribution >= 0.6 is 0 Å². The highest BCUT2D eigenvalue weighted by atomic mass is 16.5. The van der Waals surface area contributed by atoms with Crippen LogP contribution in [-0.4, -0.2) is 35.8 Å². The summed E-state index contributed by atoms with van der Waals surface area (Å²) < 4.78 is 5.20. The van der Waals surface area contributed by atoms with Crippen molar-refractivity contribution in [3.8, 4) is 11.3 Å². The van der Waals surface area contributed by atoms with E-state index < -0.39 is 0 Å². The lowest BCUT2D eigenvalue weighted by atomic mass is 10.1. The second kappa shape index (κ2) is 7.15. The Hall–Kier alpha value is -1.98. The number of nitrogens with one attached hydrogen (secondary N) is 1. The topological polar surface area (TPSA) is 73.1 Å². The van der Waals surface area contributed by atoms with Crippen LogP contribution in [0.4, 0.5) is 5.95 Å². The van der Waals surface area contributed by atoms with Gasteiger partial charge >= 0.3 is 0 Å². The van der Waals surface area contributed by atoms with Crippen molar-refractivity contribution in [3.63, 3.8) is 0 Å². The monoisotopic (exact) mass is 286 g/mol. The third-order valence-electron chi connectivity index (χ3n) is 3.44. The molecule has 0 amide bonds. The lowest BCUT2D eigenvalue weighted by Crippen LogP contribution is -2.40. The summed E-state index contributed by atoms with van der Waals surface area (Å²) in [6, 6.07) is 10.0. The van der Waals surface area contributed by atoms with Gasteiger partial charge in [0, 0.05) is 31.5 Å². The average molecular weight is 286 g/mol. The zero-order valence-corrected chi connectivity index (χ0v) is 12.7. The second-order valence-corrected chi connectivity index (χ2v) is 5.12. The Labute approximate surface area is 125 Å². The van der Waals surface area contributed by atoms with Crippen LogP contribution in [0.25, 0.3) is 11.3 Å². The summed E-state index contributed by atoms with van der Waals surface area (Å²) >= 11 is 0. The van der Waals surface area contributed by atoms with Crippen molar-refractivity contribution in [3.05, 3.63) is 42.1 Å². The fourth-order valence-electron chi connectivity index (χ4n) is 1.96. The zero-order valence-electron chi connectivity index (χ0n) is 12.7. The summed E-state index contributed by atoms with van der Waals surface area (Å²) in [5, 5.41) is 3.16. The van der Waals surface area contributed by atoms with Gasteiger partial charge in [0.05, 0.1) is 11.8 Å². The number of hydrogen-bond donors (Lipinski definition) is 2. The van der Waals surface area contributed by atoms with Crippen LogP contribution in [0.2, 0.25) is 0 Å². The Bertz CT molecular complexity index is 588. The Morgan fingerprint density at radius 1 is 1.33 bits per heavy atom. The maximum Gasteiger partial charge on any atom is 0.223 e. The molecule has 0 aliphatic heterocycles. The van der Waals surface area contributed by atoms with E-state index in [1.165, 1.54) is 5.56 Å². The average Bonchev–Trinajstić information content (AvgIpc) is 2.52. The number of rotatable bonds is 6. The first-order valence-electron chi connectivity index (χ1n) is 7.02. The van der Waals surface area contributed by atoms with E-state index in [0.717, 1.165) is 11.3 Å².